The Morgan fingerprint density at radius 3 is 2.57 bits per heavy atom. The number of methoxy groups -OCH3 is 1. The number of ether oxygens (including phenoxy) is 1. The standard InChI is InChI=1S/C16H22BrN3O/c1-11-9-20(16(18-11)19-12(2)10-21-4)13(3)14-5-7-15(17)8-6-14/h5-9,12-13H,10H2,1-4H3,(H,18,19). The van der Waals surface area contributed by atoms with Crippen LogP contribution in [0.5, 0.6) is 0 Å². The zero-order valence-corrected chi connectivity index (χ0v) is 14.5. The Hall–Kier alpha value is -1.33. The SMILES string of the molecule is COCC(C)Nc1nc(C)cn1C(C)c1ccc(Br)cc1. The van der Waals surface area contributed by atoms with Crippen molar-refractivity contribution in [3.63, 3.8) is 0 Å². The van der Waals surface area contributed by atoms with E-state index in [1.54, 1.807) is 7.11 Å². The van der Waals surface area contributed by atoms with Gasteiger partial charge >= 0.3 is 0 Å². The summed E-state index contributed by atoms with van der Waals surface area (Å²) in [6.07, 6.45) is 2.08. The summed E-state index contributed by atoms with van der Waals surface area (Å²) in [6.45, 7) is 6.92. The molecule has 0 bridgehead atoms. The minimum atomic E-state index is 0.215. The van der Waals surface area contributed by atoms with Gasteiger partial charge in [0, 0.05) is 23.8 Å². The molecule has 0 radical (unpaired) electrons. The highest BCUT2D eigenvalue weighted by Crippen LogP contribution is 2.24. The van der Waals surface area contributed by atoms with E-state index < -0.39 is 0 Å². The van der Waals surface area contributed by atoms with Crippen LogP contribution in [0, 0.1) is 6.92 Å². The maximum atomic E-state index is 5.18. The van der Waals surface area contributed by atoms with Crippen molar-refractivity contribution in [3.05, 3.63) is 46.2 Å². The molecule has 21 heavy (non-hydrogen) atoms. The Morgan fingerprint density at radius 1 is 1.29 bits per heavy atom. The van der Waals surface area contributed by atoms with Gasteiger partial charge in [-0.25, -0.2) is 4.98 Å². The summed E-state index contributed by atoms with van der Waals surface area (Å²) in [7, 11) is 1.71. The molecule has 1 heterocycles. The zero-order chi connectivity index (χ0) is 15.4. The van der Waals surface area contributed by atoms with Gasteiger partial charge in [0.1, 0.15) is 0 Å². The van der Waals surface area contributed by atoms with E-state index in [1.165, 1.54) is 5.56 Å². The average molecular weight is 352 g/mol. The fraction of sp³-hybridized carbons (Fsp3) is 0.438. The fourth-order valence-corrected chi connectivity index (χ4v) is 2.60. The molecule has 0 amide bonds. The third-order valence-corrected chi connectivity index (χ3v) is 3.94. The Bertz CT molecular complexity index is 580. The lowest BCUT2D eigenvalue weighted by molar-refractivity contribution is 0.190. The Kier molecular flexibility index (Phi) is 5.42. The first-order valence-electron chi connectivity index (χ1n) is 7.07. The molecule has 2 aromatic rings. The number of nitrogens with one attached hydrogen (secondary N) is 1. The van der Waals surface area contributed by atoms with Crippen LogP contribution in [-0.2, 0) is 4.74 Å². The van der Waals surface area contributed by atoms with E-state index in [-0.39, 0.29) is 12.1 Å². The lowest BCUT2D eigenvalue weighted by Gasteiger charge is -2.20. The molecule has 2 atom stereocenters. The lowest BCUT2D eigenvalue weighted by Crippen LogP contribution is -2.24. The van der Waals surface area contributed by atoms with Crippen LogP contribution in [-0.4, -0.2) is 29.3 Å². The van der Waals surface area contributed by atoms with Crippen LogP contribution in [0.2, 0.25) is 0 Å². The fourth-order valence-electron chi connectivity index (χ4n) is 2.33. The zero-order valence-electron chi connectivity index (χ0n) is 12.9. The minimum absolute atomic E-state index is 0.215. The minimum Gasteiger partial charge on any atom is -0.383 e. The van der Waals surface area contributed by atoms with Gasteiger partial charge in [-0.3, -0.25) is 0 Å². The van der Waals surface area contributed by atoms with Gasteiger partial charge in [0.15, 0.2) is 0 Å². The van der Waals surface area contributed by atoms with Crippen LogP contribution < -0.4 is 5.32 Å². The van der Waals surface area contributed by atoms with Crippen molar-refractivity contribution in [1.82, 2.24) is 9.55 Å². The molecule has 0 saturated carbocycles. The molecular weight excluding hydrogens is 330 g/mol. The van der Waals surface area contributed by atoms with E-state index in [2.05, 4.69) is 75.1 Å². The second kappa shape index (κ2) is 7.09. The number of aromatic nitrogens is 2. The lowest BCUT2D eigenvalue weighted by atomic mass is 10.1. The molecule has 0 aliphatic carbocycles. The van der Waals surface area contributed by atoms with Crippen molar-refractivity contribution in [2.45, 2.75) is 32.9 Å². The van der Waals surface area contributed by atoms with Crippen LogP contribution in [0.1, 0.15) is 31.1 Å². The number of halogens is 1. The molecule has 2 unspecified atom stereocenters. The molecule has 1 N–H and O–H groups in total. The monoisotopic (exact) mass is 351 g/mol. The first-order valence-corrected chi connectivity index (χ1v) is 7.87. The van der Waals surface area contributed by atoms with Gasteiger partial charge in [-0.05, 0) is 38.5 Å². The summed E-state index contributed by atoms with van der Waals surface area (Å²) in [5.41, 5.74) is 2.25. The summed E-state index contributed by atoms with van der Waals surface area (Å²) in [5.74, 6) is 0.882. The van der Waals surface area contributed by atoms with Gasteiger partial charge in [-0.2, -0.15) is 0 Å². The summed E-state index contributed by atoms with van der Waals surface area (Å²) in [6, 6.07) is 8.83. The number of anilines is 1. The smallest absolute Gasteiger partial charge is 0.203 e. The molecule has 0 aliphatic heterocycles. The van der Waals surface area contributed by atoms with Crippen LogP contribution in [0.15, 0.2) is 34.9 Å². The van der Waals surface area contributed by atoms with Crippen molar-refractivity contribution in [3.8, 4) is 0 Å². The second-order valence-corrected chi connectivity index (χ2v) is 6.26. The molecular formula is C16H22BrN3O. The molecule has 114 valence electrons. The number of hydrogen-bond donors (Lipinski definition) is 1. The summed E-state index contributed by atoms with van der Waals surface area (Å²) >= 11 is 3.47. The molecule has 0 fully saturated rings. The van der Waals surface area contributed by atoms with E-state index in [4.69, 9.17) is 4.74 Å². The maximum Gasteiger partial charge on any atom is 0.203 e. The summed E-state index contributed by atoms with van der Waals surface area (Å²) in [4.78, 5) is 4.58. The Morgan fingerprint density at radius 2 is 1.95 bits per heavy atom. The number of benzene rings is 1. The van der Waals surface area contributed by atoms with Gasteiger partial charge in [0.05, 0.1) is 18.3 Å². The van der Waals surface area contributed by atoms with Crippen molar-refractivity contribution >= 4 is 21.9 Å². The van der Waals surface area contributed by atoms with Crippen LogP contribution in [0.4, 0.5) is 5.95 Å². The third kappa shape index (κ3) is 4.08. The third-order valence-electron chi connectivity index (χ3n) is 3.41. The molecule has 0 saturated heterocycles. The van der Waals surface area contributed by atoms with Crippen molar-refractivity contribution in [2.24, 2.45) is 0 Å². The van der Waals surface area contributed by atoms with E-state index in [9.17, 15) is 0 Å². The second-order valence-electron chi connectivity index (χ2n) is 5.34. The number of aryl methyl sites for hydroxylation is 1. The van der Waals surface area contributed by atoms with Gasteiger partial charge in [0.2, 0.25) is 5.95 Å². The van der Waals surface area contributed by atoms with Crippen molar-refractivity contribution < 1.29 is 4.74 Å². The van der Waals surface area contributed by atoms with E-state index >= 15 is 0 Å². The predicted molar refractivity (Wildman–Crippen MR) is 89.9 cm³/mol. The van der Waals surface area contributed by atoms with Gasteiger partial charge < -0.3 is 14.6 Å². The number of nitrogens with zero attached hydrogens (tertiary/aromatic N) is 2. The molecule has 4 nitrogen and oxygen atoms in total. The first kappa shape index (κ1) is 16.0. The topological polar surface area (TPSA) is 39.1 Å². The van der Waals surface area contributed by atoms with E-state index in [0.717, 1.165) is 16.1 Å². The molecule has 1 aromatic carbocycles. The van der Waals surface area contributed by atoms with Gasteiger partial charge in [-0.15, -0.1) is 0 Å². The van der Waals surface area contributed by atoms with Crippen LogP contribution in [0.3, 0.4) is 0 Å². The summed E-state index contributed by atoms with van der Waals surface area (Å²) in [5, 5.41) is 3.41. The predicted octanol–water partition coefficient (Wildman–Crippen LogP) is 4.01. The molecule has 1 aromatic heterocycles. The molecule has 2 rings (SSSR count). The number of rotatable bonds is 6. The average Bonchev–Trinajstić information content (AvgIpc) is 2.79. The number of imidazole rings is 1. The normalized spacial score (nSPS) is 14.0. The van der Waals surface area contributed by atoms with Crippen molar-refractivity contribution in [1.29, 1.82) is 0 Å². The Labute approximate surface area is 134 Å². The maximum absolute atomic E-state index is 5.18. The van der Waals surface area contributed by atoms with E-state index in [1.807, 2.05) is 6.92 Å². The highest BCUT2D eigenvalue weighted by atomic mass is 79.9. The summed E-state index contributed by atoms with van der Waals surface area (Å²) < 4.78 is 8.44. The van der Waals surface area contributed by atoms with Gasteiger partial charge in [0.25, 0.3) is 0 Å². The highest BCUT2D eigenvalue weighted by Gasteiger charge is 2.15. The molecule has 0 spiro atoms. The highest BCUT2D eigenvalue weighted by molar-refractivity contribution is 9.10. The number of hydrogen-bond acceptors (Lipinski definition) is 3. The van der Waals surface area contributed by atoms with Gasteiger partial charge in [-0.1, -0.05) is 28.1 Å². The van der Waals surface area contributed by atoms with E-state index in [0.29, 0.717) is 6.61 Å². The van der Waals surface area contributed by atoms with Crippen LogP contribution >= 0.6 is 15.9 Å². The molecule has 5 heteroatoms. The van der Waals surface area contributed by atoms with Crippen LogP contribution in [0.25, 0.3) is 0 Å². The quantitative estimate of drug-likeness (QED) is 0.854. The first-order chi connectivity index (χ1) is 10.0. The van der Waals surface area contributed by atoms with Crippen molar-refractivity contribution in [2.75, 3.05) is 19.0 Å². The largest absolute Gasteiger partial charge is 0.383 e. The molecule has 0 aliphatic rings. The Balaban J connectivity index is 2.24.